The molecule has 0 bridgehead atoms. The highest BCUT2D eigenvalue weighted by molar-refractivity contribution is 9.10. The molecule has 98 valence electrons. The van der Waals surface area contributed by atoms with E-state index in [0.29, 0.717) is 12.3 Å². The Morgan fingerprint density at radius 3 is 2.83 bits per heavy atom. The highest BCUT2D eigenvalue weighted by Gasteiger charge is 2.03. The number of esters is 1. The molecule has 4 nitrogen and oxygen atoms in total. The Labute approximate surface area is 115 Å². The zero-order valence-corrected chi connectivity index (χ0v) is 12.2. The summed E-state index contributed by atoms with van der Waals surface area (Å²) in [5.74, 6) is 0.371. The number of methoxy groups -OCH3 is 1. The fraction of sp³-hybridized carbons (Fsp3) is 0.308. The van der Waals surface area contributed by atoms with Gasteiger partial charge in [0.1, 0.15) is 5.75 Å². The minimum Gasteiger partial charge on any atom is -0.495 e. The zero-order valence-electron chi connectivity index (χ0n) is 10.6. The van der Waals surface area contributed by atoms with E-state index in [4.69, 9.17) is 9.47 Å². The van der Waals surface area contributed by atoms with E-state index < -0.39 is 0 Å². The van der Waals surface area contributed by atoms with E-state index in [9.17, 15) is 4.79 Å². The molecule has 5 heteroatoms. The lowest BCUT2D eigenvalue weighted by Crippen LogP contribution is -2.04. The fourth-order valence-corrected chi connectivity index (χ4v) is 1.77. The van der Waals surface area contributed by atoms with Gasteiger partial charge in [-0.15, -0.1) is 0 Å². The van der Waals surface area contributed by atoms with Crippen molar-refractivity contribution < 1.29 is 14.3 Å². The SMILES string of the molecule is CCOC(=O)/C=C(\C)Nc1ccc(Br)c(OC)c1. The third kappa shape index (κ3) is 4.41. The van der Waals surface area contributed by atoms with Crippen LogP contribution in [0.4, 0.5) is 5.69 Å². The lowest BCUT2D eigenvalue weighted by molar-refractivity contribution is -0.137. The Bertz CT molecular complexity index is 458. The molecule has 0 aliphatic heterocycles. The summed E-state index contributed by atoms with van der Waals surface area (Å²) in [5, 5.41) is 3.09. The molecule has 1 aromatic carbocycles. The second kappa shape index (κ2) is 7.06. The molecule has 18 heavy (non-hydrogen) atoms. The van der Waals surface area contributed by atoms with Gasteiger partial charge in [0.05, 0.1) is 18.2 Å². The molecule has 0 radical (unpaired) electrons. The van der Waals surface area contributed by atoms with Gasteiger partial charge < -0.3 is 14.8 Å². The molecule has 0 saturated carbocycles. The highest BCUT2D eigenvalue weighted by Crippen LogP contribution is 2.28. The van der Waals surface area contributed by atoms with Crippen LogP contribution in [0.3, 0.4) is 0 Å². The second-order valence-corrected chi connectivity index (χ2v) is 4.41. The molecule has 0 aliphatic rings. The van der Waals surface area contributed by atoms with Crippen molar-refractivity contribution in [3.05, 3.63) is 34.4 Å². The van der Waals surface area contributed by atoms with Gasteiger partial charge in [0, 0.05) is 23.5 Å². The maximum Gasteiger partial charge on any atom is 0.332 e. The third-order valence-corrected chi connectivity index (χ3v) is 2.77. The standard InChI is InChI=1S/C13H16BrNO3/c1-4-18-13(16)7-9(2)15-10-5-6-11(14)12(8-10)17-3/h5-8,15H,4H2,1-3H3/b9-7+. The topological polar surface area (TPSA) is 47.6 Å². The summed E-state index contributed by atoms with van der Waals surface area (Å²) in [5.41, 5.74) is 1.55. The van der Waals surface area contributed by atoms with Crippen molar-refractivity contribution in [3.8, 4) is 5.75 Å². The number of nitrogens with one attached hydrogen (secondary N) is 1. The largest absolute Gasteiger partial charge is 0.495 e. The molecule has 0 aliphatic carbocycles. The van der Waals surface area contributed by atoms with Crippen LogP contribution >= 0.6 is 15.9 Å². The molecular weight excluding hydrogens is 298 g/mol. The Kier molecular flexibility index (Phi) is 5.71. The van der Waals surface area contributed by atoms with Gasteiger partial charge in [-0.05, 0) is 41.9 Å². The van der Waals surface area contributed by atoms with Crippen molar-refractivity contribution in [3.63, 3.8) is 0 Å². The quantitative estimate of drug-likeness (QED) is 0.669. The minimum absolute atomic E-state index is 0.355. The summed E-state index contributed by atoms with van der Waals surface area (Å²) >= 11 is 3.38. The second-order valence-electron chi connectivity index (χ2n) is 3.55. The van der Waals surface area contributed by atoms with E-state index in [2.05, 4.69) is 21.2 Å². The molecule has 0 heterocycles. The summed E-state index contributed by atoms with van der Waals surface area (Å²) in [6.07, 6.45) is 1.41. The molecule has 0 atom stereocenters. The number of ether oxygens (including phenoxy) is 2. The average molecular weight is 314 g/mol. The van der Waals surface area contributed by atoms with Crippen LogP contribution in [0, 0.1) is 0 Å². The lowest BCUT2D eigenvalue weighted by atomic mass is 10.3. The lowest BCUT2D eigenvalue weighted by Gasteiger charge is -2.09. The van der Waals surface area contributed by atoms with Crippen molar-refractivity contribution in [2.75, 3.05) is 19.0 Å². The number of allylic oxidation sites excluding steroid dienone is 1. The number of carbonyl (C=O) groups excluding carboxylic acids is 1. The van der Waals surface area contributed by atoms with Gasteiger partial charge in [-0.2, -0.15) is 0 Å². The smallest absolute Gasteiger partial charge is 0.332 e. The molecular formula is C13H16BrNO3. The highest BCUT2D eigenvalue weighted by atomic mass is 79.9. The van der Waals surface area contributed by atoms with E-state index in [-0.39, 0.29) is 5.97 Å². The van der Waals surface area contributed by atoms with Crippen molar-refractivity contribution in [1.82, 2.24) is 0 Å². The third-order valence-electron chi connectivity index (χ3n) is 2.11. The van der Waals surface area contributed by atoms with Crippen LogP contribution in [0.1, 0.15) is 13.8 Å². The number of halogens is 1. The predicted octanol–water partition coefficient (Wildman–Crippen LogP) is 3.34. The first-order chi connectivity index (χ1) is 8.56. The number of anilines is 1. The van der Waals surface area contributed by atoms with Gasteiger partial charge in [-0.1, -0.05) is 0 Å². The van der Waals surface area contributed by atoms with Crippen LogP contribution in [0.2, 0.25) is 0 Å². The molecule has 1 aromatic rings. The van der Waals surface area contributed by atoms with Crippen LogP contribution in [0.25, 0.3) is 0 Å². The summed E-state index contributed by atoms with van der Waals surface area (Å²) in [7, 11) is 1.60. The summed E-state index contributed by atoms with van der Waals surface area (Å²) < 4.78 is 10.9. The average Bonchev–Trinajstić information content (AvgIpc) is 2.31. The van der Waals surface area contributed by atoms with E-state index in [1.807, 2.05) is 18.2 Å². The number of rotatable bonds is 5. The fourth-order valence-electron chi connectivity index (χ4n) is 1.36. The van der Waals surface area contributed by atoms with E-state index in [0.717, 1.165) is 15.9 Å². The number of hydrogen-bond donors (Lipinski definition) is 1. The zero-order chi connectivity index (χ0) is 13.5. The van der Waals surface area contributed by atoms with Crippen molar-refractivity contribution in [1.29, 1.82) is 0 Å². The minimum atomic E-state index is -0.355. The van der Waals surface area contributed by atoms with Crippen molar-refractivity contribution in [2.24, 2.45) is 0 Å². The first-order valence-corrected chi connectivity index (χ1v) is 6.31. The van der Waals surface area contributed by atoms with Gasteiger partial charge in [-0.3, -0.25) is 0 Å². The summed E-state index contributed by atoms with van der Waals surface area (Å²) in [4.78, 5) is 11.3. The maximum atomic E-state index is 11.3. The van der Waals surface area contributed by atoms with Gasteiger partial charge in [0.2, 0.25) is 0 Å². The van der Waals surface area contributed by atoms with E-state index in [1.165, 1.54) is 6.08 Å². The molecule has 1 rings (SSSR count). The number of hydrogen-bond acceptors (Lipinski definition) is 4. The van der Waals surface area contributed by atoms with Gasteiger partial charge >= 0.3 is 5.97 Å². The Morgan fingerprint density at radius 2 is 2.22 bits per heavy atom. The Balaban J connectivity index is 2.75. The van der Waals surface area contributed by atoms with Crippen LogP contribution in [-0.4, -0.2) is 19.7 Å². The maximum absolute atomic E-state index is 11.3. The van der Waals surface area contributed by atoms with Gasteiger partial charge in [0.25, 0.3) is 0 Å². The molecule has 0 fully saturated rings. The van der Waals surface area contributed by atoms with Crippen LogP contribution < -0.4 is 10.1 Å². The van der Waals surface area contributed by atoms with Crippen molar-refractivity contribution in [2.45, 2.75) is 13.8 Å². The first-order valence-electron chi connectivity index (χ1n) is 5.52. The molecule has 0 amide bonds. The molecule has 1 N–H and O–H groups in total. The van der Waals surface area contributed by atoms with Gasteiger partial charge in [0.15, 0.2) is 0 Å². The van der Waals surface area contributed by atoms with Crippen LogP contribution in [0.15, 0.2) is 34.4 Å². The number of carbonyl (C=O) groups is 1. The van der Waals surface area contributed by atoms with Crippen molar-refractivity contribution >= 4 is 27.6 Å². The van der Waals surface area contributed by atoms with Crippen LogP contribution in [-0.2, 0) is 9.53 Å². The molecule has 0 unspecified atom stereocenters. The number of benzene rings is 1. The Morgan fingerprint density at radius 1 is 1.50 bits per heavy atom. The monoisotopic (exact) mass is 313 g/mol. The first kappa shape index (κ1) is 14.6. The molecule has 0 saturated heterocycles. The normalized spacial score (nSPS) is 11.0. The summed E-state index contributed by atoms with van der Waals surface area (Å²) in [6.45, 7) is 3.94. The Hall–Kier alpha value is -1.49. The van der Waals surface area contributed by atoms with Crippen LogP contribution in [0.5, 0.6) is 5.75 Å². The molecule has 0 spiro atoms. The predicted molar refractivity (Wildman–Crippen MR) is 74.7 cm³/mol. The summed E-state index contributed by atoms with van der Waals surface area (Å²) in [6, 6.07) is 5.60. The molecule has 0 aromatic heterocycles. The van der Waals surface area contributed by atoms with E-state index >= 15 is 0 Å². The van der Waals surface area contributed by atoms with Gasteiger partial charge in [-0.25, -0.2) is 4.79 Å². The van der Waals surface area contributed by atoms with E-state index in [1.54, 1.807) is 21.0 Å².